The number of hydrogen-bond acceptors (Lipinski definition) is 2. The van der Waals surface area contributed by atoms with Crippen LogP contribution in [0.1, 0.15) is 5.56 Å². The van der Waals surface area contributed by atoms with E-state index in [4.69, 9.17) is 5.73 Å². The molecule has 3 rings (SSSR count). The first-order chi connectivity index (χ1) is 8.74. The minimum Gasteiger partial charge on any atom is -0.399 e. The van der Waals surface area contributed by atoms with Gasteiger partial charge in [0.05, 0.1) is 12.0 Å². The summed E-state index contributed by atoms with van der Waals surface area (Å²) < 4.78 is 4.04. The Labute approximate surface area is 105 Å². The van der Waals surface area contributed by atoms with E-state index in [-0.39, 0.29) is 0 Å². The number of nitrogen functional groups attached to an aromatic ring is 1. The Balaban J connectivity index is 2.00. The quantitative estimate of drug-likeness (QED) is 0.697. The van der Waals surface area contributed by atoms with Gasteiger partial charge < -0.3 is 14.9 Å². The van der Waals surface area contributed by atoms with Crippen LogP contribution in [0.2, 0.25) is 0 Å². The summed E-state index contributed by atoms with van der Waals surface area (Å²) in [5, 5.41) is 0. The molecule has 3 aromatic rings. The molecule has 1 aromatic carbocycles. The summed E-state index contributed by atoms with van der Waals surface area (Å²) in [6, 6.07) is 8.07. The molecule has 0 aliphatic carbocycles. The first-order valence-electron chi connectivity index (χ1n) is 5.77. The zero-order valence-electron chi connectivity index (χ0n) is 10.1. The fraction of sp³-hybridized carbons (Fsp3) is 0.0714. The Morgan fingerprint density at radius 3 is 2.67 bits per heavy atom. The van der Waals surface area contributed by atoms with Crippen LogP contribution in [0.3, 0.4) is 0 Å². The van der Waals surface area contributed by atoms with Crippen LogP contribution in [0, 0.1) is 6.92 Å². The van der Waals surface area contributed by atoms with Crippen molar-refractivity contribution in [2.45, 2.75) is 6.92 Å². The van der Waals surface area contributed by atoms with Gasteiger partial charge in [0.25, 0.3) is 0 Å². The molecule has 0 fully saturated rings. The summed E-state index contributed by atoms with van der Waals surface area (Å²) in [6.45, 7) is 2.01. The third kappa shape index (κ3) is 1.78. The minimum atomic E-state index is 0.820. The van der Waals surface area contributed by atoms with E-state index in [1.165, 1.54) is 0 Å². The van der Waals surface area contributed by atoms with Gasteiger partial charge in [0.15, 0.2) is 0 Å². The van der Waals surface area contributed by atoms with Gasteiger partial charge in [-0.25, -0.2) is 4.98 Å². The van der Waals surface area contributed by atoms with Gasteiger partial charge in [-0.15, -0.1) is 0 Å². The second-order valence-electron chi connectivity index (χ2n) is 4.29. The number of nitrogens with two attached hydrogens (primary N) is 1. The van der Waals surface area contributed by atoms with Crippen molar-refractivity contribution in [1.29, 1.82) is 0 Å². The van der Waals surface area contributed by atoms with Crippen LogP contribution in [0.4, 0.5) is 5.69 Å². The summed E-state index contributed by atoms with van der Waals surface area (Å²) >= 11 is 0. The Kier molecular flexibility index (Phi) is 2.41. The van der Waals surface area contributed by atoms with Crippen molar-refractivity contribution >= 4 is 5.69 Å². The number of imidazole rings is 1. The van der Waals surface area contributed by atoms with Gasteiger partial charge in [-0.1, -0.05) is 0 Å². The van der Waals surface area contributed by atoms with E-state index in [0.29, 0.717) is 0 Å². The number of hydrogen-bond donors (Lipinski definition) is 1. The summed E-state index contributed by atoms with van der Waals surface area (Å²) in [5.41, 5.74) is 9.93. The topological polar surface area (TPSA) is 48.8 Å². The Morgan fingerprint density at radius 2 is 1.94 bits per heavy atom. The molecule has 0 saturated carbocycles. The highest BCUT2D eigenvalue weighted by atomic mass is 15.1. The molecule has 0 unspecified atom stereocenters. The first kappa shape index (κ1) is 10.7. The van der Waals surface area contributed by atoms with Crippen LogP contribution in [-0.2, 0) is 0 Å². The molecule has 0 spiro atoms. The van der Waals surface area contributed by atoms with E-state index >= 15 is 0 Å². The average Bonchev–Trinajstić information content (AvgIpc) is 3.01. The van der Waals surface area contributed by atoms with Crippen LogP contribution in [0.25, 0.3) is 11.4 Å². The molecule has 0 radical (unpaired) electrons. The molecule has 18 heavy (non-hydrogen) atoms. The number of aromatic nitrogens is 3. The molecule has 0 bridgehead atoms. The SMILES string of the molecule is Cc1cc(-n2ccc(-n3ccnc3)c2)ccc1N. The highest BCUT2D eigenvalue weighted by molar-refractivity contribution is 5.52. The average molecular weight is 238 g/mol. The number of nitrogens with zero attached hydrogens (tertiary/aromatic N) is 3. The predicted octanol–water partition coefficient (Wildman–Crippen LogP) is 2.55. The molecule has 0 atom stereocenters. The molecule has 0 saturated heterocycles. The third-order valence-electron chi connectivity index (χ3n) is 3.03. The van der Waals surface area contributed by atoms with Crippen LogP contribution < -0.4 is 5.73 Å². The van der Waals surface area contributed by atoms with Gasteiger partial charge in [0, 0.05) is 36.2 Å². The van der Waals surface area contributed by atoms with Crippen molar-refractivity contribution in [1.82, 2.24) is 14.1 Å². The first-order valence-corrected chi connectivity index (χ1v) is 5.77. The zero-order valence-corrected chi connectivity index (χ0v) is 10.1. The van der Waals surface area contributed by atoms with Crippen molar-refractivity contribution in [3.8, 4) is 11.4 Å². The fourth-order valence-corrected chi connectivity index (χ4v) is 1.93. The second-order valence-corrected chi connectivity index (χ2v) is 4.29. The van der Waals surface area contributed by atoms with Gasteiger partial charge in [0.1, 0.15) is 0 Å². The summed E-state index contributed by atoms with van der Waals surface area (Å²) in [4.78, 5) is 4.04. The van der Waals surface area contributed by atoms with Crippen LogP contribution in [0.15, 0.2) is 55.4 Å². The van der Waals surface area contributed by atoms with Crippen LogP contribution >= 0.6 is 0 Å². The number of benzene rings is 1. The Morgan fingerprint density at radius 1 is 1.06 bits per heavy atom. The van der Waals surface area contributed by atoms with Crippen molar-refractivity contribution in [3.05, 3.63) is 60.9 Å². The van der Waals surface area contributed by atoms with E-state index in [1.807, 2.05) is 42.1 Å². The lowest BCUT2D eigenvalue weighted by Crippen LogP contribution is -1.94. The van der Waals surface area contributed by atoms with E-state index < -0.39 is 0 Å². The van der Waals surface area contributed by atoms with Crippen LogP contribution in [-0.4, -0.2) is 14.1 Å². The highest BCUT2D eigenvalue weighted by Gasteiger charge is 2.02. The molecule has 2 N–H and O–H groups in total. The molecule has 2 aromatic heterocycles. The zero-order chi connectivity index (χ0) is 12.5. The van der Waals surface area contributed by atoms with E-state index in [9.17, 15) is 0 Å². The fourth-order valence-electron chi connectivity index (χ4n) is 1.93. The van der Waals surface area contributed by atoms with Crippen molar-refractivity contribution in [3.63, 3.8) is 0 Å². The maximum absolute atomic E-state index is 5.83. The van der Waals surface area contributed by atoms with Gasteiger partial charge in [-0.05, 0) is 36.8 Å². The number of anilines is 1. The smallest absolute Gasteiger partial charge is 0.0992 e. The predicted molar refractivity (Wildman–Crippen MR) is 72.0 cm³/mol. The van der Waals surface area contributed by atoms with Crippen molar-refractivity contribution in [2.75, 3.05) is 5.73 Å². The molecular formula is C14H14N4. The largest absolute Gasteiger partial charge is 0.399 e. The molecular weight excluding hydrogens is 224 g/mol. The molecule has 90 valence electrons. The maximum Gasteiger partial charge on any atom is 0.0992 e. The maximum atomic E-state index is 5.83. The van der Waals surface area contributed by atoms with Gasteiger partial charge in [-0.3, -0.25) is 0 Å². The third-order valence-corrected chi connectivity index (χ3v) is 3.03. The molecule has 4 heteroatoms. The summed E-state index contributed by atoms with van der Waals surface area (Å²) in [7, 11) is 0. The second kappa shape index (κ2) is 4.07. The normalized spacial score (nSPS) is 10.7. The van der Waals surface area contributed by atoms with E-state index in [2.05, 4.69) is 21.8 Å². The minimum absolute atomic E-state index is 0.820. The van der Waals surface area contributed by atoms with Gasteiger partial charge in [0.2, 0.25) is 0 Å². The van der Waals surface area contributed by atoms with E-state index in [0.717, 1.165) is 22.6 Å². The summed E-state index contributed by atoms with van der Waals surface area (Å²) in [6.07, 6.45) is 9.57. The van der Waals surface area contributed by atoms with Gasteiger partial charge in [-0.2, -0.15) is 0 Å². The molecule has 4 nitrogen and oxygen atoms in total. The monoisotopic (exact) mass is 238 g/mol. The highest BCUT2D eigenvalue weighted by Crippen LogP contribution is 2.18. The van der Waals surface area contributed by atoms with Gasteiger partial charge >= 0.3 is 0 Å². The number of rotatable bonds is 2. The van der Waals surface area contributed by atoms with Crippen LogP contribution in [0.5, 0.6) is 0 Å². The molecule has 0 aliphatic rings. The molecule has 0 aliphatic heterocycles. The summed E-state index contributed by atoms with van der Waals surface area (Å²) in [5.74, 6) is 0. The van der Waals surface area contributed by atoms with Crippen molar-refractivity contribution in [2.24, 2.45) is 0 Å². The lowest BCUT2D eigenvalue weighted by Gasteiger charge is -2.06. The van der Waals surface area contributed by atoms with Crippen molar-refractivity contribution < 1.29 is 0 Å². The Hall–Kier alpha value is -2.49. The van der Waals surface area contributed by atoms with E-state index in [1.54, 1.807) is 12.5 Å². The molecule has 0 amide bonds. The lowest BCUT2D eigenvalue weighted by atomic mass is 10.2. The lowest BCUT2D eigenvalue weighted by molar-refractivity contribution is 1.03. The standard InChI is InChI=1S/C14H14N4/c1-11-8-12(2-3-14(11)15)17-6-4-13(9-17)18-7-5-16-10-18/h2-10H,15H2,1H3. The number of aryl methyl sites for hydroxylation is 1. The molecule has 2 heterocycles. The Bertz CT molecular complexity index is 665.